The van der Waals surface area contributed by atoms with Crippen molar-refractivity contribution in [2.45, 2.75) is 20.3 Å². The van der Waals surface area contributed by atoms with Crippen molar-refractivity contribution in [3.63, 3.8) is 0 Å². The first-order valence-corrected chi connectivity index (χ1v) is 5.55. The number of nitrogens with one attached hydrogen (secondary N) is 3. The largest absolute Gasteiger partial charge is 0.326 e. The quantitative estimate of drug-likeness (QED) is 0.687. The van der Waals surface area contributed by atoms with Gasteiger partial charge >= 0.3 is 6.03 Å². The van der Waals surface area contributed by atoms with E-state index in [1.54, 1.807) is 0 Å². The Bertz CT molecular complexity index is 519. The van der Waals surface area contributed by atoms with Crippen molar-refractivity contribution in [3.8, 4) is 0 Å². The zero-order valence-electron chi connectivity index (χ0n) is 10.2. The van der Waals surface area contributed by atoms with Gasteiger partial charge in [-0.1, -0.05) is 6.07 Å². The number of nitrogens with zero attached hydrogens (tertiary/aromatic N) is 1. The summed E-state index contributed by atoms with van der Waals surface area (Å²) >= 11 is 0. The van der Waals surface area contributed by atoms with Gasteiger partial charge in [0.05, 0.1) is 12.1 Å². The third kappa shape index (κ3) is 2.85. The van der Waals surface area contributed by atoms with Crippen molar-refractivity contribution in [1.29, 1.82) is 0 Å². The van der Waals surface area contributed by atoms with E-state index in [2.05, 4.69) is 21.2 Å². The van der Waals surface area contributed by atoms with Crippen LogP contribution in [0.2, 0.25) is 0 Å². The number of rotatable bonds is 2. The summed E-state index contributed by atoms with van der Waals surface area (Å²) in [6.45, 7) is 4.03. The van der Waals surface area contributed by atoms with Crippen molar-refractivity contribution >= 4 is 23.5 Å². The molecule has 18 heavy (non-hydrogen) atoms. The van der Waals surface area contributed by atoms with Crippen LogP contribution in [0.1, 0.15) is 17.5 Å². The molecule has 0 aromatic heterocycles. The van der Waals surface area contributed by atoms with Crippen LogP contribution in [-0.4, -0.2) is 17.8 Å². The first kappa shape index (κ1) is 12.1. The molecule has 0 radical (unpaired) electrons. The van der Waals surface area contributed by atoms with E-state index < -0.39 is 6.03 Å². The first-order valence-electron chi connectivity index (χ1n) is 5.55. The number of benzene rings is 1. The van der Waals surface area contributed by atoms with Crippen molar-refractivity contribution in [2.24, 2.45) is 5.10 Å². The van der Waals surface area contributed by atoms with Crippen molar-refractivity contribution in [1.82, 2.24) is 10.6 Å². The van der Waals surface area contributed by atoms with E-state index in [4.69, 9.17) is 0 Å². The Labute approximate surface area is 104 Å². The van der Waals surface area contributed by atoms with E-state index >= 15 is 0 Å². The van der Waals surface area contributed by atoms with Crippen LogP contribution in [-0.2, 0) is 4.79 Å². The molecule has 1 heterocycles. The highest BCUT2D eigenvalue weighted by molar-refractivity contribution is 6.16. The number of carbonyl (C=O) groups is 2. The third-order valence-electron chi connectivity index (χ3n) is 2.67. The lowest BCUT2D eigenvalue weighted by molar-refractivity contribution is -0.119. The highest BCUT2D eigenvalue weighted by Crippen LogP contribution is 2.14. The maximum Gasteiger partial charge on any atom is 0.326 e. The molecule has 0 saturated carbocycles. The SMILES string of the molecule is Cc1ccc(N/N=C2\CC(=O)NC(=O)N2)cc1C. The normalized spacial score (nSPS) is 17.3. The molecule has 1 aliphatic rings. The lowest BCUT2D eigenvalue weighted by Crippen LogP contribution is -2.50. The summed E-state index contributed by atoms with van der Waals surface area (Å²) in [7, 11) is 0. The zero-order valence-corrected chi connectivity index (χ0v) is 10.2. The maximum absolute atomic E-state index is 11.1. The fraction of sp³-hybridized carbons (Fsp3) is 0.250. The Morgan fingerprint density at radius 1 is 1.17 bits per heavy atom. The maximum atomic E-state index is 11.1. The van der Waals surface area contributed by atoms with E-state index in [1.807, 2.05) is 32.0 Å². The molecular weight excluding hydrogens is 232 g/mol. The summed E-state index contributed by atoms with van der Waals surface area (Å²) in [5.74, 6) is -0.0543. The van der Waals surface area contributed by atoms with Gasteiger partial charge in [-0.25, -0.2) is 4.79 Å². The van der Waals surface area contributed by atoms with Crippen LogP contribution in [0.4, 0.5) is 10.5 Å². The lowest BCUT2D eigenvalue weighted by Gasteiger charge is -2.14. The molecule has 1 fully saturated rings. The van der Waals surface area contributed by atoms with Gasteiger partial charge in [0, 0.05) is 0 Å². The number of anilines is 1. The molecule has 3 N–H and O–H groups in total. The van der Waals surface area contributed by atoms with E-state index in [1.165, 1.54) is 5.56 Å². The molecule has 0 spiro atoms. The van der Waals surface area contributed by atoms with Crippen LogP contribution in [0.15, 0.2) is 23.3 Å². The number of hydrogen-bond acceptors (Lipinski definition) is 4. The van der Waals surface area contributed by atoms with Crippen LogP contribution >= 0.6 is 0 Å². The molecule has 3 amide bonds. The van der Waals surface area contributed by atoms with Gasteiger partial charge < -0.3 is 0 Å². The molecule has 0 atom stereocenters. The number of urea groups is 1. The second-order valence-electron chi connectivity index (χ2n) is 4.15. The summed E-state index contributed by atoms with van der Waals surface area (Å²) < 4.78 is 0. The minimum atomic E-state index is -0.549. The van der Waals surface area contributed by atoms with Crippen LogP contribution < -0.4 is 16.1 Å². The van der Waals surface area contributed by atoms with Crippen LogP contribution in [0.5, 0.6) is 0 Å². The molecule has 1 aliphatic heterocycles. The topological polar surface area (TPSA) is 82.6 Å². The van der Waals surface area contributed by atoms with Gasteiger partial charge in [0.25, 0.3) is 0 Å². The van der Waals surface area contributed by atoms with Gasteiger partial charge in [-0.05, 0) is 37.1 Å². The van der Waals surface area contributed by atoms with Gasteiger partial charge in [0.2, 0.25) is 5.91 Å². The number of amidine groups is 1. The van der Waals surface area contributed by atoms with Crippen molar-refractivity contribution < 1.29 is 9.59 Å². The summed E-state index contributed by atoms with van der Waals surface area (Å²) in [6.07, 6.45) is 0.0591. The van der Waals surface area contributed by atoms with Gasteiger partial charge in [-0.3, -0.25) is 20.9 Å². The third-order valence-corrected chi connectivity index (χ3v) is 2.67. The Kier molecular flexibility index (Phi) is 3.27. The summed E-state index contributed by atoms with van der Waals surface area (Å²) in [5, 5.41) is 8.58. The number of aryl methyl sites for hydroxylation is 2. The van der Waals surface area contributed by atoms with Crippen LogP contribution in [0.3, 0.4) is 0 Å². The highest BCUT2D eigenvalue weighted by Gasteiger charge is 2.19. The predicted molar refractivity (Wildman–Crippen MR) is 68.3 cm³/mol. The average Bonchev–Trinajstić information content (AvgIpc) is 2.29. The number of hydrogen-bond donors (Lipinski definition) is 3. The Morgan fingerprint density at radius 2 is 1.94 bits per heavy atom. The Morgan fingerprint density at radius 3 is 2.61 bits per heavy atom. The van der Waals surface area contributed by atoms with Gasteiger partial charge in [0.1, 0.15) is 5.84 Å². The van der Waals surface area contributed by atoms with Crippen LogP contribution in [0.25, 0.3) is 0 Å². The number of imide groups is 1. The number of amides is 3. The lowest BCUT2D eigenvalue weighted by atomic mass is 10.1. The summed E-state index contributed by atoms with van der Waals surface area (Å²) in [4.78, 5) is 22.2. The molecule has 6 heteroatoms. The van der Waals surface area contributed by atoms with E-state index in [9.17, 15) is 9.59 Å². The molecule has 0 aliphatic carbocycles. The minimum Gasteiger partial charge on any atom is -0.294 e. The fourth-order valence-electron chi connectivity index (χ4n) is 1.54. The monoisotopic (exact) mass is 246 g/mol. The smallest absolute Gasteiger partial charge is 0.294 e. The molecule has 0 bridgehead atoms. The Balaban J connectivity index is 2.07. The molecule has 1 saturated heterocycles. The van der Waals surface area contributed by atoms with E-state index in [0.29, 0.717) is 5.84 Å². The fourth-order valence-corrected chi connectivity index (χ4v) is 1.54. The molecule has 0 unspecified atom stereocenters. The zero-order chi connectivity index (χ0) is 13.1. The molecule has 94 valence electrons. The molecule has 2 rings (SSSR count). The summed E-state index contributed by atoms with van der Waals surface area (Å²) in [6, 6.07) is 5.26. The number of carbonyl (C=O) groups excluding carboxylic acids is 2. The molecular formula is C12H14N4O2. The first-order chi connectivity index (χ1) is 8.54. The van der Waals surface area contributed by atoms with E-state index in [0.717, 1.165) is 11.3 Å². The van der Waals surface area contributed by atoms with E-state index in [-0.39, 0.29) is 12.3 Å². The van der Waals surface area contributed by atoms with Crippen LogP contribution in [0, 0.1) is 13.8 Å². The minimum absolute atomic E-state index is 0.0591. The molecule has 1 aromatic rings. The molecule has 1 aromatic carbocycles. The van der Waals surface area contributed by atoms with Gasteiger partial charge in [-0.2, -0.15) is 5.10 Å². The second-order valence-corrected chi connectivity index (χ2v) is 4.15. The number of hydrazone groups is 1. The van der Waals surface area contributed by atoms with Gasteiger partial charge in [0.15, 0.2) is 0 Å². The Hall–Kier alpha value is -2.37. The second kappa shape index (κ2) is 4.87. The summed E-state index contributed by atoms with van der Waals surface area (Å²) in [5.41, 5.74) is 5.96. The highest BCUT2D eigenvalue weighted by atomic mass is 16.2. The average molecular weight is 246 g/mol. The van der Waals surface area contributed by atoms with Gasteiger partial charge in [-0.15, -0.1) is 0 Å². The standard InChI is InChI=1S/C12H14N4O2/c1-7-3-4-9(5-8(7)2)15-16-10-6-11(17)14-12(18)13-10/h3-5,15H,6H2,1-2H3,(H2,13,14,16,17,18). The predicted octanol–water partition coefficient (Wildman–Crippen LogP) is 1.26. The van der Waals surface area contributed by atoms with Crippen molar-refractivity contribution in [2.75, 3.05) is 5.43 Å². The van der Waals surface area contributed by atoms with Crippen molar-refractivity contribution in [3.05, 3.63) is 29.3 Å². The molecule has 6 nitrogen and oxygen atoms in total.